The van der Waals surface area contributed by atoms with Gasteiger partial charge in [-0.05, 0) is 17.7 Å². The minimum absolute atomic E-state index is 0.530. The Morgan fingerprint density at radius 3 is 2.54 bits per heavy atom. The van der Waals surface area contributed by atoms with Gasteiger partial charge in [0.2, 0.25) is 0 Å². The van der Waals surface area contributed by atoms with Crippen LogP contribution in [-0.2, 0) is 0 Å². The average Bonchev–Trinajstić information content (AvgIpc) is 2.71. The van der Waals surface area contributed by atoms with E-state index in [1.165, 1.54) is 0 Å². The van der Waals surface area contributed by atoms with E-state index in [2.05, 4.69) is 20.6 Å². The lowest BCUT2D eigenvalue weighted by Crippen LogP contribution is -1.85. The van der Waals surface area contributed by atoms with Crippen molar-refractivity contribution in [1.29, 1.82) is 0 Å². The molecule has 0 aliphatic rings. The van der Waals surface area contributed by atoms with Gasteiger partial charge < -0.3 is 9.84 Å². The third-order valence-electron chi connectivity index (χ3n) is 1.67. The lowest BCUT2D eigenvalue weighted by molar-refractivity contribution is 0.415. The summed E-state index contributed by atoms with van der Waals surface area (Å²) in [5.41, 5.74) is 0.880. The molecule has 66 valence electrons. The van der Waals surface area contributed by atoms with Crippen molar-refractivity contribution in [2.75, 3.05) is 7.11 Å². The number of aromatic nitrogens is 4. The predicted octanol–water partition coefficient (Wildman–Crippen LogP) is 0.504. The monoisotopic (exact) mass is 175 g/mol. The van der Waals surface area contributed by atoms with Crippen LogP contribution < -0.4 is 9.84 Å². The SMILES string of the molecule is COc1ccc(-c2nnn[n-]2)cc1. The maximum Gasteiger partial charge on any atom is 0.118 e. The number of ether oxygens (including phenoxy) is 1. The third kappa shape index (κ3) is 1.48. The average molecular weight is 175 g/mol. The van der Waals surface area contributed by atoms with Crippen LogP contribution in [0.1, 0.15) is 0 Å². The molecule has 0 fully saturated rings. The van der Waals surface area contributed by atoms with Crippen LogP contribution in [0.2, 0.25) is 0 Å². The van der Waals surface area contributed by atoms with Gasteiger partial charge in [0, 0.05) is 5.82 Å². The molecule has 1 aromatic heterocycles. The molecule has 1 aromatic carbocycles. The normalized spacial score (nSPS) is 9.92. The van der Waals surface area contributed by atoms with Gasteiger partial charge in [0.25, 0.3) is 0 Å². The summed E-state index contributed by atoms with van der Waals surface area (Å²) in [6, 6.07) is 7.40. The van der Waals surface area contributed by atoms with Crippen LogP contribution in [0.15, 0.2) is 24.3 Å². The topological polar surface area (TPSA) is 62.0 Å². The van der Waals surface area contributed by atoms with Gasteiger partial charge in [-0.2, -0.15) is 5.21 Å². The summed E-state index contributed by atoms with van der Waals surface area (Å²) in [4.78, 5) is 0. The highest BCUT2D eigenvalue weighted by Gasteiger charge is 1.94. The first-order valence-corrected chi connectivity index (χ1v) is 3.73. The second-order valence-corrected chi connectivity index (χ2v) is 2.43. The molecule has 0 bridgehead atoms. The number of nitrogens with zero attached hydrogens (tertiary/aromatic N) is 4. The highest BCUT2D eigenvalue weighted by molar-refractivity contribution is 5.54. The molecule has 0 N–H and O–H groups in total. The van der Waals surface area contributed by atoms with Crippen molar-refractivity contribution in [3.63, 3.8) is 0 Å². The minimum Gasteiger partial charge on any atom is -0.497 e. The largest absolute Gasteiger partial charge is 0.497 e. The van der Waals surface area contributed by atoms with Crippen molar-refractivity contribution in [3.05, 3.63) is 24.3 Å². The maximum absolute atomic E-state index is 5.01. The molecular formula is C8H7N4O-. The molecule has 0 unspecified atom stereocenters. The molecule has 2 rings (SSSR count). The Kier molecular flexibility index (Phi) is 1.91. The van der Waals surface area contributed by atoms with E-state index in [4.69, 9.17) is 4.74 Å². The van der Waals surface area contributed by atoms with E-state index in [9.17, 15) is 0 Å². The van der Waals surface area contributed by atoms with Crippen LogP contribution in [0.4, 0.5) is 0 Å². The van der Waals surface area contributed by atoms with Crippen molar-refractivity contribution in [2.24, 2.45) is 0 Å². The van der Waals surface area contributed by atoms with Gasteiger partial charge in [0.05, 0.1) is 7.11 Å². The molecule has 0 aliphatic carbocycles. The molecule has 0 aliphatic heterocycles. The zero-order valence-electron chi connectivity index (χ0n) is 7.01. The van der Waals surface area contributed by atoms with Crippen molar-refractivity contribution in [1.82, 2.24) is 20.6 Å². The lowest BCUT2D eigenvalue weighted by atomic mass is 10.2. The first-order valence-electron chi connectivity index (χ1n) is 3.73. The molecule has 1 heterocycles. The standard InChI is InChI=1S/C8H7N4O/c1-13-7-4-2-6(3-5-7)8-9-11-12-10-8/h2-5H,1H3/q-1. The van der Waals surface area contributed by atoms with E-state index in [1.54, 1.807) is 7.11 Å². The van der Waals surface area contributed by atoms with E-state index in [0.717, 1.165) is 11.3 Å². The smallest absolute Gasteiger partial charge is 0.118 e. The fourth-order valence-corrected chi connectivity index (χ4v) is 1.00. The fourth-order valence-electron chi connectivity index (χ4n) is 1.00. The first kappa shape index (κ1) is 7.72. The molecule has 0 saturated heterocycles. The van der Waals surface area contributed by atoms with Crippen molar-refractivity contribution >= 4 is 0 Å². The van der Waals surface area contributed by atoms with Crippen LogP contribution in [0.25, 0.3) is 11.4 Å². The third-order valence-corrected chi connectivity index (χ3v) is 1.67. The molecule has 5 heteroatoms. The highest BCUT2D eigenvalue weighted by atomic mass is 16.5. The van der Waals surface area contributed by atoms with Crippen LogP contribution in [-0.4, -0.2) is 22.6 Å². The maximum atomic E-state index is 5.01. The lowest BCUT2D eigenvalue weighted by Gasteiger charge is -2.01. The Morgan fingerprint density at radius 2 is 2.00 bits per heavy atom. The number of hydrogen-bond acceptors (Lipinski definition) is 4. The summed E-state index contributed by atoms with van der Waals surface area (Å²) < 4.78 is 5.01. The van der Waals surface area contributed by atoms with E-state index < -0.39 is 0 Å². The second kappa shape index (κ2) is 3.22. The summed E-state index contributed by atoms with van der Waals surface area (Å²) in [7, 11) is 1.62. The van der Waals surface area contributed by atoms with Gasteiger partial charge in [-0.3, -0.25) is 10.3 Å². The molecule has 0 spiro atoms. The summed E-state index contributed by atoms with van der Waals surface area (Å²) >= 11 is 0. The Balaban J connectivity index is 2.33. The Labute approximate surface area is 74.7 Å². The Bertz CT molecular complexity index is 368. The van der Waals surface area contributed by atoms with E-state index in [-0.39, 0.29) is 0 Å². The summed E-state index contributed by atoms with van der Waals surface area (Å²) in [6.07, 6.45) is 0. The first-order chi connectivity index (χ1) is 6.40. The zero-order valence-corrected chi connectivity index (χ0v) is 7.01. The van der Waals surface area contributed by atoms with Crippen LogP contribution in [0.5, 0.6) is 5.75 Å². The molecule has 13 heavy (non-hydrogen) atoms. The van der Waals surface area contributed by atoms with Crippen molar-refractivity contribution in [2.45, 2.75) is 0 Å². The molecule has 0 amide bonds. The molecule has 5 nitrogen and oxygen atoms in total. The van der Waals surface area contributed by atoms with Gasteiger partial charge >= 0.3 is 0 Å². The molecule has 2 aromatic rings. The minimum atomic E-state index is 0.530. The highest BCUT2D eigenvalue weighted by Crippen LogP contribution is 2.17. The summed E-state index contributed by atoms with van der Waals surface area (Å²) in [5.74, 6) is 1.33. The predicted molar refractivity (Wildman–Crippen MR) is 45.1 cm³/mol. The Morgan fingerprint density at radius 1 is 1.23 bits per heavy atom. The summed E-state index contributed by atoms with van der Waals surface area (Å²) in [5, 5.41) is 14.3. The fraction of sp³-hybridized carbons (Fsp3) is 0.125. The molecular weight excluding hydrogens is 168 g/mol. The number of benzene rings is 1. The van der Waals surface area contributed by atoms with Crippen LogP contribution >= 0.6 is 0 Å². The zero-order chi connectivity index (χ0) is 9.10. The van der Waals surface area contributed by atoms with Crippen LogP contribution in [0.3, 0.4) is 0 Å². The molecule has 0 atom stereocenters. The van der Waals surface area contributed by atoms with Gasteiger partial charge in [-0.15, -0.1) is 0 Å². The van der Waals surface area contributed by atoms with E-state index in [1.807, 2.05) is 24.3 Å². The molecule has 0 saturated carbocycles. The number of tetrazole rings is 1. The van der Waals surface area contributed by atoms with Gasteiger partial charge in [-0.1, -0.05) is 12.1 Å². The molecule has 0 radical (unpaired) electrons. The van der Waals surface area contributed by atoms with Gasteiger partial charge in [0.15, 0.2) is 0 Å². The number of methoxy groups -OCH3 is 1. The van der Waals surface area contributed by atoms with Gasteiger partial charge in [0.1, 0.15) is 5.75 Å². The van der Waals surface area contributed by atoms with E-state index >= 15 is 0 Å². The second-order valence-electron chi connectivity index (χ2n) is 2.43. The quantitative estimate of drug-likeness (QED) is 0.665. The summed E-state index contributed by atoms with van der Waals surface area (Å²) in [6.45, 7) is 0. The number of rotatable bonds is 2. The van der Waals surface area contributed by atoms with E-state index in [0.29, 0.717) is 5.82 Å². The number of hydrogen-bond donors (Lipinski definition) is 0. The van der Waals surface area contributed by atoms with Gasteiger partial charge in [-0.25, -0.2) is 0 Å². The van der Waals surface area contributed by atoms with Crippen LogP contribution in [0, 0.1) is 0 Å². The van der Waals surface area contributed by atoms with Crippen molar-refractivity contribution in [3.8, 4) is 17.1 Å². The Hall–Kier alpha value is -1.91. The van der Waals surface area contributed by atoms with Crippen molar-refractivity contribution < 1.29 is 4.74 Å².